The summed E-state index contributed by atoms with van der Waals surface area (Å²) < 4.78 is 5.60. The minimum atomic E-state index is -0.976. The maximum atomic E-state index is 12.6. The zero-order chi connectivity index (χ0) is 23.4. The first kappa shape index (κ1) is 22.1. The van der Waals surface area contributed by atoms with Gasteiger partial charge in [-0.2, -0.15) is 0 Å². The van der Waals surface area contributed by atoms with Crippen LogP contribution in [0.5, 0.6) is 5.75 Å². The Kier molecular flexibility index (Phi) is 6.40. The molecule has 4 rings (SSSR count). The minimum Gasteiger partial charge on any atom is -0.481 e. The van der Waals surface area contributed by atoms with Crippen molar-refractivity contribution in [3.05, 3.63) is 77.9 Å². The Hall–Kier alpha value is -4.13. The van der Waals surface area contributed by atoms with Crippen LogP contribution in [0.4, 0.5) is 11.4 Å². The zero-order valence-corrected chi connectivity index (χ0v) is 18.2. The average Bonchev–Trinajstić information content (AvgIpc) is 2.81. The molecule has 168 valence electrons. The minimum absolute atomic E-state index is 0.0641. The summed E-state index contributed by atoms with van der Waals surface area (Å²) in [6.07, 6.45) is 1.20. The molecule has 0 unspecified atom stereocenters. The molecule has 7 heteroatoms. The Balaban J connectivity index is 1.54. The molecule has 0 saturated heterocycles. The molecule has 0 aromatic heterocycles. The lowest BCUT2D eigenvalue weighted by atomic mass is 9.98. The number of carboxylic acid groups (broad SMARTS) is 1. The van der Waals surface area contributed by atoms with Gasteiger partial charge in [0.05, 0.1) is 17.8 Å². The van der Waals surface area contributed by atoms with E-state index in [0.29, 0.717) is 35.7 Å². The van der Waals surface area contributed by atoms with Crippen LogP contribution in [0, 0.1) is 0 Å². The molecule has 0 saturated carbocycles. The monoisotopic (exact) mass is 444 g/mol. The van der Waals surface area contributed by atoms with E-state index in [1.54, 1.807) is 47.4 Å². The van der Waals surface area contributed by atoms with Crippen molar-refractivity contribution in [3.8, 4) is 16.9 Å². The summed E-state index contributed by atoms with van der Waals surface area (Å²) in [6.45, 7) is 2.21. The molecule has 0 radical (unpaired) electrons. The summed E-state index contributed by atoms with van der Waals surface area (Å²) in [4.78, 5) is 37.6. The van der Waals surface area contributed by atoms with Crippen molar-refractivity contribution in [1.82, 2.24) is 0 Å². The van der Waals surface area contributed by atoms with E-state index < -0.39 is 5.97 Å². The molecule has 1 aliphatic heterocycles. The largest absolute Gasteiger partial charge is 0.481 e. The Morgan fingerprint density at radius 3 is 2.55 bits per heavy atom. The molecule has 7 nitrogen and oxygen atoms in total. The number of hydrogen-bond donors (Lipinski definition) is 2. The molecular formula is C26H24N2O5. The molecule has 3 aromatic rings. The summed E-state index contributed by atoms with van der Waals surface area (Å²) >= 11 is 0. The van der Waals surface area contributed by atoms with Gasteiger partial charge in [-0.05, 0) is 41.3 Å². The predicted octanol–water partition coefficient (Wildman–Crippen LogP) is 4.72. The Bertz CT molecular complexity index is 1200. The van der Waals surface area contributed by atoms with Crippen LogP contribution in [0.2, 0.25) is 0 Å². The van der Waals surface area contributed by atoms with Crippen molar-refractivity contribution < 1.29 is 24.2 Å². The normalized spacial score (nSPS) is 12.6. The highest BCUT2D eigenvalue weighted by Crippen LogP contribution is 2.36. The van der Waals surface area contributed by atoms with Crippen LogP contribution >= 0.6 is 0 Å². The molecule has 1 aliphatic rings. The molecule has 0 spiro atoms. The Morgan fingerprint density at radius 1 is 1.06 bits per heavy atom. The van der Waals surface area contributed by atoms with Gasteiger partial charge in [0.1, 0.15) is 5.75 Å². The van der Waals surface area contributed by atoms with Crippen LogP contribution in [0.15, 0.2) is 66.7 Å². The number of carbonyl (C=O) groups excluding carboxylic acids is 2. The fourth-order valence-corrected chi connectivity index (χ4v) is 3.80. The van der Waals surface area contributed by atoms with E-state index in [4.69, 9.17) is 4.74 Å². The molecule has 0 atom stereocenters. The van der Waals surface area contributed by atoms with Gasteiger partial charge in [0.15, 0.2) is 6.61 Å². The summed E-state index contributed by atoms with van der Waals surface area (Å²) in [5.41, 5.74) is 3.83. The lowest BCUT2D eigenvalue weighted by molar-refractivity contribution is -0.121. The van der Waals surface area contributed by atoms with Crippen molar-refractivity contribution in [3.63, 3.8) is 0 Å². The van der Waals surface area contributed by atoms with Gasteiger partial charge in [0.25, 0.3) is 5.91 Å². The number of amides is 2. The molecule has 3 aromatic carbocycles. The number of benzene rings is 3. The van der Waals surface area contributed by atoms with E-state index >= 15 is 0 Å². The van der Waals surface area contributed by atoms with Gasteiger partial charge < -0.3 is 20.1 Å². The van der Waals surface area contributed by atoms with Crippen LogP contribution in [0.1, 0.15) is 35.7 Å². The topological polar surface area (TPSA) is 95.9 Å². The molecule has 33 heavy (non-hydrogen) atoms. The second-order valence-corrected chi connectivity index (χ2v) is 7.80. The van der Waals surface area contributed by atoms with Crippen molar-refractivity contribution in [1.29, 1.82) is 0 Å². The maximum absolute atomic E-state index is 12.6. The first-order chi connectivity index (χ1) is 16.0. The first-order valence-electron chi connectivity index (χ1n) is 10.7. The average molecular weight is 444 g/mol. The van der Waals surface area contributed by atoms with Crippen molar-refractivity contribution in [2.24, 2.45) is 0 Å². The van der Waals surface area contributed by atoms with Crippen LogP contribution < -0.4 is 15.0 Å². The summed E-state index contributed by atoms with van der Waals surface area (Å²) in [5.74, 6) is -0.664. The number of hydrogen-bond acceptors (Lipinski definition) is 4. The lowest BCUT2D eigenvalue weighted by Gasteiger charge is -2.30. The number of nitrogens with zero attached hydrogens (tertiary/aromatic N) is 1. The van der Waals surface area contributed by atoms with Gasteiger partial charge in [-0.3, -0.25) is 9.59 Å². The van der Waals surface area contributed by atoms with Crippen LogP contribution in [0.25, 0.3) is 11.1 Å². The predicted molar refractivity (Wildman–Crippen MR) is 126 cm³/mol. The third-order valence-electron chi connectivity index (χ3n) is 5.43. The fraction of sp³-hybridized carbons (Fsp3) is 0.192. The van der Waals surface area contributed by atoms with E-state index in [0.717, 1.165) is 17.5 Å². The smallest absolute Gasteiger partial charge is 0.336 e. The maximum Gasteiger partial charge on any atom is 0.336 e. The lowest BCUT2D eigenvalue weighted by Crippen LogP contribution is -2.38. The van der Waals surface area contributed by atoms with Crippen LogP contribution in [-0.4, -0.2) is 29.5 Å². The second-order valence-electron chi connectivity index (χ2n) is 7.80. The van der Waals surface area contributed by atoms with Gasteiger partial charge in [-0.1, -0.05) is 49.4 Å². The van der Waals surface area contributed by atoms with Gasteiger partial charge >= 0.3 is 5.97 Å². The quantitative estimate of drug-likeness (QED) is 0.550. The number of aromatic carboxylic acids is 1. The van der Waals surface area contributed by atoms with Crippen LogP contribution in [-0.2, 0) is 16.1 Å². The number of rotatable bonds is 7. The van der Waals surface area contributed by atoms with Gasteiger partial charge in [0, 0.05) is 18.2 Å². The van der Waals surface area contributed by atoms with E-state index in [1.807, 2.05) is 31.2 Å². The number of ether oxygens (including phenoxy) is 1. The molecule has 0 bridgehead atoms. The van der Waals surface area contributed by atoms with Gasteiger partial charge in [-0.15, -0.1) is 0 Å². The third-order valence-corrected chi connectivity index (χ3v) is 5.43. The highest BCUT2D eigenvalue weighted by molar-refractivity contribution is 5.99. The molecule has 0 aliphatic carbocycles. The number of anilines is 2. The van der Waals surface area contributed by atoms with Crippen LogP contribution in [0.3, 0.4) is 0 Å². The molecule has 2 amide bonds. The zero-order valence-electron chi connectivity index (χ0n) is 18.2. The highest BCUT2D eigenvalue weighted by atomic mass is 16.5. The van der Waals surface area contributed by atoms with E-state index in [9.17, 15) is 19.5 Å². The number of fused-ring (bicyclic) bond motifs is 1. The Morgan fingerprint density at radius 2 is 1.82 bits per heavy atom. The first-order valence-corrected chi connectivity index (χ1v) is 10.7. The summed E-state index contributed by atoms with van der Waals surface area (Å²) in [7, 11) is 0. The SMILES string of the molecule is CCCC(=O)Nc1ccc2c(c1)OCC(=O)N2Cc1ccc(-c2ccccc2C(=O)O)cc1. The van der Waals surface area contributed by atoms with Crippen molar-refractivity contribution in [2.45, 2.75) is 26.3 Å². The molecular weight excluding hydrogens is 420 g/mol. The molecule has 1 heterocycles. The number of carboxylic acids is 1. The third kappa shape index (κ3) is 4.87. The molecule has 2 N–H and O–H groups in total. The van der Waals surface area contributed by atoms with Gasteiger partial charge in [-0.25, -0.2) is 4.79 Å². The van der Waals surface area contributed by atoms with Crippen molar-refractivity contribution in [2.75, 3.05) is 16.8 Å². The summed E-state index contributed by atoms with van der Waals surface area (Å²) in [5, 5.41) is 12.3. The highest BCUT2D eigenvalue weighted by Gasteiger charge is 2.26. The van der Waals surface area contributed by atoms with Crippen molar-refractivity contribution >= 4 is 29.2 Å². The van der Waals surface area contributed by atoms with E-state index in [-0.39, 0.29) is 24.0 Å². The fourth-order valence-electron chi connectivity index (χ4n) is 3.80. The van der Waals surface area contributed by atoms with E-state index in [1.165, 1.54) is 0 Å². The number of nitrogens with one attached hydrogen (secondary N) is 1. The standard InChI is InChI=1S/C26H24N2O5/c1-2-5-24(29)27-19-12-13-22-23(14-19)33-16-25(30)28(22)15-17-8-10-18(11-9-17)20-6-3-4-7-21(20)26(31)32/h3-4,6-14H,2,5,15-16H2,1H3,(H,27,29)(H,31,32). The Labute approximate surface area is 191 Å². The number of carbonyl (C=O) groups is 3. The second kappa shape index (κ2) is 9.56. The van der Waals surface area contributed by atoms with Gasteiger partial charge in [0.2, 0.25) is 5.91 Å². The summed E-state index contributed by atoms with van der Waals surface area (Å²) in [6, 6.07) is 19.6. The van der Waals surface area contributed by atoms with E-state index in [2.05, 4.69) is 5.32 Å². The molecule has 0 fully saturated rings.